The SMILES string of the molecule is C.C.C.C.C1CCOC1.CC(C)NC(=O)C(=O)[C@@H]1C/C=C/COCCOCc2ccccc2C(=O)N1.CC(C)NC(=O)C(O)[C@@H]1C/C=C/COCCOCc2ccccc2C(=O)N1.CON(C)C(=O)[C@@H]1C/C=C/COCCOCc2ccccc2C(=O)N1.O=C[C@@H]1C/C=C/COCCOCc2ccccc2C(=O)N1.S.S.S.S.[AlH3].[C-]#[N+]C(C)C.[H-].[Li+]. The normalized spacial score (nSPS) is 18.9. The van der Waals surface area contributed by atoms with Crippen LogP contribution in [0, 0.1) is 6.57 Å². The quantitative estimate of drug-likeness (QED) is 0.0240. The number of aliphatic hydroxyl groups excluding tert-OH is 1. The van der Waals surface area contributed by atoms with Gasteiger partial charge in [0.05, 0.1) is 125 Å². The molecule has 1 fully saturated rings. The Kier molecular flexibility index (Phi) is 80.9. The third-order valence-corrected chi connectivity index (χ3v) is 16.0. The van der Waals surface area contributed by atoms with E-state index in [0.29, 0.717) is 140 Å². The number of likely N-dealkylation sites (N-methyl/N-ethyl adjacent to an activating group) is 1. The monoisotopic (exact) mass is 1770 g/mol. The van der Waals surface area contributed by atoms with Crippen molar-refractivity contribution in [2.75, 3.05) is 107 Å². The second kappa shape index (κ2) is 76.9. The van der Waals surface area contributed by atoms with Gasteiger partial charge in [-0.2, -0.15) is 54.0 Å². The first-order valence-electron chi connectivity index (χ1n) is 37.0. The fourth-order valence-electron chi connectivity index (χ4n) is 10.2. The molecule has 34 heteroatoms. The molecule has 120 heavy (non-hydrogen) atoms. The van der Waals surface area contributed by atoms with Crippen LogP contribution in [-0.2, 0) is 97.9 Å². The molecule has 1 saturated heterocycles. The van der Waals surface area contributed by atoms with Crippen LogP contribution in [0.15, 0.2) is 146 Å². The smallest absolute Gasteiger partial charge is 1.00 e. The van der Waals surface area contributed by atoms with Crippen molar-refractivity contribution in [1.29, 1.82) is 0 Å². The van der Waals surface area contributed by atoms with E-state index in [-0.39, 0.29) is 183 Å². The number of carbonyl (C=O) groups excluding carboxylic acids is 9. The predicted octanol–water partition coefficient (Wildman–Crippen LogP) is 6.35. The Hall–Kier alpha value is -6.95. The number of amides is 7. The Morgan fingerprint density at radius 2 is 0.800 bits per heavy atom. The molecule has 672 valence electrons. The summed E-state index contributed by atoms with van der Waals surface area (Å²) in [5.41, 5.74) is 4.91. The number of ketones is 1. The minimum Gasteiger partial charge on any atom is -1.00 e. The molecule has 0 aliphatic carbocycles. The van der Waals surface area contributed by atoms with E-state index in [9.17, 15) is 48.3 Å². The van der Waals surface area contributed by atoms with E-state index >= 15 is 0 Å². The number of hydrogen-bond donors (Lipinski definition) is 7. The van der Waals surface area contributed by atoms with Crippen molar-refractivity contribution in [3.63, 3.8) is 0 Å². The van der Waals surface area contributed by atoms with Gasteiger partial charge in [0.15, 0.2) is 23.5 Å². The van der Waals surface area contributed by atoms with Crippen LogP contribution in [0.3, 0.4) is 0 Å². The zero-order valence-corrected chi connectivity index (χ0v) is 71.6. The second-order valence-electron chi connectivity index (χ2n) is 26.0. The molecule has 0 saturated carbocycles. The summed E-state index contributed by atoms with van der Waals surface area (Å²) in [5, 5.41) is 27.8. The number of benzene rings is 4. The van der Waals surface area contributed by atoms with Crippen LogP contribution in [0.4, 0.5) is 0 Å². The Morgan fingerprint density at radius 1 is 0.483 bits per heavy atom. The summed E-state index contributed by atoms with van der Waals surface area (Å²) >= 11 is 0. The van der Waals surface area contributed by atoms with Gasteiger partial charge >= 0.3 is 18.9 Å². The van der Waals surface area contributed by atoms with Crippen LogP contribution in [0.25, 0.3) is 4.85 Å². The van der Waals surface area contributed by atoms with E-state index in [2.05, 4.69) is 36.7 Å². The van der Waals surface area contributed by atoms with Crippen molar-refractivity contribution in [3.05, 3.63) is 202 Å². The average molecular weight is 1770 g/mol. The molecule has 7 N–H and O–H groups in total. The van der Waals surface area contributed by atoms with Gasteiger partial charge in [-0.1, -0.05) is 151 Å². The Balaban J connectivity index is -0.000000219. The predicted molar refractivity (Wildman–Crippen MR) is 492 cm³/mol. The summed E-state index contributed by atoms with van der Waals surface area (Å²) in [5.74, 6) is -3.57. The molecule has 1 unspecified atom stereocenters. The number of rotatable bonds is 9. The topological polar surface area (TPSA) is 346 Å². The van der Waals surface area contributed by atoms with E-state index in [4.69, 9.17) is 54.0 Å². The maximum Gasteiger partial charge on any atom is 1.00 e. The van der Waals surface area contributed by atoms with Crippen LogP contribution >= 0.6 is 54.0 Å². The number of hydrogen-bond acceptors (Lipinski definition) is 20. The Bertz CT molecular complexity index is 3650. The maximum atomic E-state index is 12.8. The van der Waals surface area contributed by atoms with Crippen LogP contribution in [0.2, 0.25) is 0 Å². The molecule has 0 radical (unpaired) electrons. The molecule has 4 aromatic carbocycles. The molecule has 28 nitrogen and oxygen atoms in total. The van der Waals surface area contributed by atoms with E-state index in [0.717, 1.165) is 41.3 Å². The first-order valence-corrected chi connectivity index (χ1v) is 37.0. The largest absolute Gasteiger partial charge is 1.00 e. The molecule has 9 rings (SSSR count). The minimum absolute atomic E-state index is 0. The van der Waals surface area contributed by atoms with Crippen molar-refractivity contribution >= 4 is 125 Å². The van der Waals surface area contributed by atoms with E-state index < -0.39 is 53.8 Å². The standard InChI is InChI=1S/C20H28N2O5.C20H26N2O5.C18H24N2O5.C16H19NO4.C4H7N.C4H8O.4CH4.Al.Li.4H2S.4H/c2*1-14(2)21-20(25)18(23)17-9-5-6-10-26-11-12-27-13-15-7-3-4-8-16(15)19(24)22-17;1-20(23-2)18(22)16-9-5-6-10-24-11-12-25-13-14-7-3-4-8-15(14)17(21)19-16;18-11-14-6-3-4-8-20-9-10-21-12-13-5-1-2-7-15(13)16(19)17-14;1-4(2)5-3;1-2-4-5-3-1;;;;;;;;;;;;;;/h3-8,14,17-18,23H,9-13H2,1-2H3,(H,21,25)(H,22,24);3-8,14,17H,9-13H2,1-2H3,(H,21,25)(H,22,24);3-8,16H,9-13H2,1-2H3,(H,19,21);1-5,7,11,14H,6,8-10,12H2,(H,17,19);4H,1-2H3;1-4H2;4*1H4;;;4*1H2;;;;/q;;;;;;;;;;;+1;;;;;;;;-1/b3*6-5+;4-3+;;;;;;;;;;;;;;;;/t17-,18?;17-;16-;14-;;;;;;;;;;;;;;;;/m0000................/s1. The molecule has 5 aliphatic rings. The van der Waals surface area contributed by atoms with Crippen LogP contribution < -0.4 is 50.8 Å². The molecule has 0 aromatic heterocycles. The van der Waals surface area contributed by atoms with Gasteiger partial charge < -0.3 is 90.7 Å². The Labute approximate surface area is 765 Å². The van der Waals surface area contributed by atoms with Gasteiger partial charge in [0.25, 0.3) is 41.4 Å². The summed E-state index contributed by atoms with van der Waals surface area (Å²) in [7, 11) is 2.91. The number of aliphatic hydroxyl groups is 1. The molecule has 0 bridgehead atoms. The van der Waals surface area contributed by atoms with Crippen molar-refractivity contribution in [2.45, 2.75) is 185 Å². The minimum atomic E-state index is -1.36. The van der Waals surface area contributed by atoms with Crippen LogP contribution in [0.1, 0.15) is 175 Å². The number of nitrogens with one attached hydrogen (secondary N) is 6. The molecule has 5 aliphatic heterocycles. The van der Waals surface area contributed by atoms with Gasteiger partial charge in [0.2, 0.25) is 11.8 Å². The number of ether oxygens (including phenoxy) is 9. The first kappa shape index (κ1) is 126. The van der Waals surface area contributed by atoms with Crippen molar-refractivity contribution in [2.24, 2.45) is 0 Å². The maximum absolute atomic E-state index is 12.8. The molecule has 5 atom stereocenters. The van der Waals surface area contributed by atoms with Crippen LogP contribution in [-0.4, -0.2) is 236 Å². The third-order valence-electron chi connectivity index (χ3n) is 16.0. The molecular weight excluding hydrogens is 1630 g/mol. The number of nitrogens with zero attached hydrogens (tertiary/aromatic N) is 2. The van der Waals surface area contributed by atoms with Gasteiger partial charge in [-0.05, 0) is 113 Å². The number of carbonyl (C=O) groups is 9. The van der Waals surface area contributed by atoms with Gasteiger partial charge in [0, 0.05) is 68.4 Å². The summed E-state index contributed by atoms with van der Waals surface area (Å²) in [6.45, 7) is 25.6. The van der Waals surface area contributed by atoms with Gasteiger partial charge in [0.1, 0.15) is 18.4 Å². The van der Waals surface area contributed by atoms with E-state index in [1.165, 1.54) is 27.0 Å². The first-order chi connectivity index (χ1) is 53.2. The zero-order chi connectivity index (χ0) is 80.1. The van der Waals surface area contributed by atoms with Crippen molar-refractivity contribution in [3.8, 4) is 0 Å². The molecule has 0 spiro atoms. The summed E-state index contributed by atoms with van der Waals surface area (Å²) in [6.07, 6.45) is 17.6. The summed E-state index contributed by atoms with van der Waals surface area (Å²) in [6, 6.07) is 25.5. The molecule has 5 heterocycles. The molecular formula is C86H140AlLiN8O20S4. The van der Waals surface area contributed by atoms with Crippen molar-refractivity contribution < 1.29 is 116 Å². The zero-order valence-electron chi connectivity index (χ0n) is 68.6. The number of fused-ring (bicyclic) bond motifs is 4. The average Bonchev–Trinajstić information content (AvgIpc) is 1.32. The molecule has 7 amide bonds. The molecule has 4 aromatic rings. The van der Waals surface area contributed by atoms with E-state index in [1.54, 1.807) is 92.7 Å². The Morgan fingerprint density at radius 3 is 1.13 bits per heavy atom. The summed E-state index contributed by atoms with van der Waals surface area (Å²) < 4.78 is 48.8. The fourth-order valence-corrected chi connectivity index (χ4v) is 10.2. The third kappa shape index (κ3) is 52.5. The van der Waals surface area contributed by atoms with Gasteiger partial charge in [-0.3, -0.25) is 43.2 Å². The summed E-state index contributed by atoms with van der Waals surface area (Å²) in [4.78, 5) is 119. The number of aldehydes is 1. The van der Waals surface area contributed by atoms with Crippen molar-refractivity contribution in [1.82, 2.24) is 37.0 Å². The van der Waals surface area contributed by atoms with Crippen LogP contribution in [0.5, 0.6) is 0 Å². The van der Waals surface area contributed by atoms with Gasteiger partial charge in [-0.25, -0.2) is 11.6 Å². The number of Topliss-reactive ketones (excluding diaryl/α,β-unsaturated/α-hetero) is 1. The second-order valence-corrected chi connectivity index (χ2v) is 26.0. The van der Waals surface area contributed by atoms with E-state index in [1.807, 2.05) is 94.5 Å². The number of hydroxylamine groups is 2. The van der Waals surface area contributed by atoms with Gasteiger partial charge in [-0.15, -0.1) is 0 Å². The fraction of sp³-hybridized carbons (Fsp3) is 0.512.